The highest BCUT2D eigenvalue weighted by Crippen LogP contribution is 2.27. The smallest absolute Gasteiger partial charge is 0.166 e. The zero-order chi connectivity index (χ0) is 12.4. The van der Waals surface area contributed by atoms with E-state index >= 15 is 0 Å². The molecule has 0 unspecified atom stereocenters. The Morgan fingerprint density at radius 1 is 1.06 bits per heavy atom. The molecule has 2 aromatic rings. The molecule has 2 rings (SSSR count). The first-order chi connectivity index (χ1) is 8.13. The molecule has 0 N–H and O–H groups in total. The molecule has 0 radical (unpaired) electrons. The lowest BCUT2D eigenvalue weighted by Gasteiger charge is -2.07. The van der Waals surface area contributed by atoms with Crippen LogP contribution in [0.25, 0.3) is 11.1 Å². The highest BCUT2D eigenvalue weighted by molar-refractivity contribution is 5.88. The van der Waals surface area contributed by atoms with Crippen LogP contribution in [0, 0.1) is 18.6 Å². The van der Waals surface area contributed by atoms with Gasteiger partial charge in [0, 0.05) is 11.1 Å². The van der Waals surface area contributed by atoms with Crippen molar-refractivity contribution in [3.63, 3.8) is 0 Å². The predicted molar refractivity (Wildman–Crippen MR) is 61.9 cm³/mol. The van der Waals surface area contributed by atoms with Crippen molar-refractivity contribution in [2.45, 2.75) is 6.92 Å². The van der Waals surface area contributed by atoms with Gasteiger partial charge in [0.25, 0.3) is 0 Å². The van der Waals surface area contributed by atoms with Gasteiger partial charge >= 0.3 is 0 Å². The number of rotatable bonds is 2. The lowest BCUT2D eigenvalue weighted by molar-refractivity contribution is 0.112. The molecular weight excluding hydrogens is 222 g/mol. The maximum Gasteiger partial charge on any atom is 0.166 e. The molecule has 0 atom stereocenters. The number of benzene rings is 2. The van der Waals surface area contributed by atoms with E-state index in [1.54, 1.807) is 18.2 Å². The largest absolute Gasteiger partial charge is 0.298 e. The summed E-state index contributed by atoms with van der Waals surface area (Å²) in [7, 11) is 0. The summed E-state index contributed by atoms with van der Waals surface area (Å²) in [4.78, 5) is 10.9. The number of aryl methyl sites for hydroxylation is 1. The van der Waals surface area contributed by atoms with Crippen LogP contribution in [-0.2, 0) is 0 Å². The molecule has 17 heavy (non-hydrogen) atoms. The van der Waals surface area contributed by atoms with Gasteiger partial charge in [0.15, 0.2) is 17.9 Å². The van der Waals surface area contributed by atoms with Crippen molar-refractivity contribution in [1.82, 2.24) is 0 Å². The highest BCUT2D eigenvalue weighted by atomic mass is 19.2. The first kappa shape index (κ1) is 11.5. The van der Waals surface area contributed by atoms with Gasteiger partial charge in [0.1, 0.15) is 0 Å². The Morgan fingerprint density at radius 2 is 1.82 bits per heavy atom. The van der Waals surface area contributed by atoms with Gasteiger partial charge in [-0.1, -0.05) is 29.8 Å². The maximum absolute atomic E-state index is 13.6. The average molecular weight is 232 g/mol. The summed E-state index contributed by atoms with van der Waals surface area (Å²) in [6, 6.07) is 8.95. The van der Waals surface area contributed by atoms with Gasteiger partial charge in [0.2, 0.25) is 0 Å². The van der Waals surface area contributed by atoms with E-state index in [1.807, 2.05) is 6.92 Å². The fraction of sp³-hybridized carbons (Fsp3) is 0.0714. The fourth-order valence-electron chi connectivity index (χ4n) is 1.74. The number of aldehydes is 1. The molecule has 0 aliphatic carbocycles. The molecule has 0 saturated carbocycles. The normalized spacial score (nSPS) is 10.3. The molecule has 86 valence electrons. The van der Waals surface area contributed by atoms with E-state index in [1.165, 1.54) is 12.1 Å². The van der Waals surface area contributed by atoms with Crippen LogP contribution in [0.3, 0.4) is 0 Å². The molecule has 0 spiro atoms. The van der Waals surface area contributed by atoms with Crippen LogP contribution in [0.4, 0.5) is 8.78 Å². The summed E-state index contributed by atoms with van der Waals surface area (Å²) in [6.45, 7) is 1.83. The van der Waals surface area contributed by atoms with Crippen LogP contribution in [-0.4, -0.2) is 6.29 Å². The molecule has 0 aliphatic rings. The van der Waals surface area contributed by atoms with Gasteiger partial charge < -0.3 is 0 Å². The monoisotopic (exact) mass is 232 g/mol. The van der Waals surface area contributed by atoms with E-state index in [2.05, 4.69) is 0 Å². The Labute approximate surface area is 97.7 Å². The van der Waals surface area contributed by atoms with Crippen molar-refractivity contribution < 1.29 is 13.6 Å². The summed E-state index contributed by atoms with van der Waals surface area (Å²) < 4.78 is 26.7. The van der Waals surface area contributed by atoms with Crippen molar-refractivity contribution in [2.75, 3.05) is 0 Å². The van der Waals surface area contributed by atoms with Crippen LogP contribution in [0.2, 0.25) is 0 Å². The maximum atomic E-state index is 13.6. The number of carbonyl (C=O) groups excluding carboxylic acids is 1. The lowest BCUT2D eigenvalue weighted by Crippen LogP contribution is -1.94. The van der Waals surface area contributed by atoms with Gasteiger partial charge in [-0.25, -0.2) is 8.78 Å². The number of hydrogen-bond acceptors (Lipinski definition) is 1. The predicted octanol–water partition coefficient (Wildman–Crippen LogP) is 3.75. The SMILES string of the molecule is Cc1ccc(-c2cccc(F)c2F)c(C=O)c1. The number of carbonyl (C=O) groups is 1. The molecule has 0 heterocycles. The van der Waals surface area contributed by atoms with Crippen LogP contribution in [0.1, 0.15) is 15.9 Å². The molecule has 2 aromatic carbocycles. The quantitative estimate of drug-likeness (QED) is 0.720. The van der Waals surface area contributed by atoms with Crippen molar-refractivity contribution in [1.29, 1.82) is 0 Å². The van der Waals surface area contributed by atoms with Crippen LogP contribution >= 0.6 is 0 Å². The van der Waals surface area contributed by atoms with E-state index in [9.17, 15) is 13.6 Å². The Morgan fingerprint density at radius 3 is 2.53 bits per heavy atom. The van der Waals surface area contributed by atoms with Crippen molar-refractivity contribution in [3.05, 3.63) is 59.2 Å². The minimum Gasteiger partial charge on any atom is -0.298 e. The summed E-state index contributed by atoms with van der Waals surface area (Å²) >= 11 is 0. The van der Waals surface area contributed by atoms with Crippen LogP contribution in [0.5, 0.6) is 0 Å². The molecule has 0 bridgehead atoms. The second-order valence-electron chi connectivity index (χ2n) is 3.81. The Bertz CT molecular complexity index is 576. The third-order valence-corrected chi connectivity index (χ3v) is 2.58. The molecule has 1 nitrogen and oxygen atoms in total. The van der Waals surface area contributed by atoms with Gasteiger partial charge in [0.05, 0.1) is 0 Å². The lowest BCUT2D eigenvalue weighted by atomic mass is 9.98. The van der Waals surface area contributed by atoms with E-state index in [0.29, 0.717) is 17.4 Å². The van der Waals surface area contributed by atoms with Crippen LogP contribution in [0.15, 0.2) is 36.4 Å². The highest BCUT2D eigenvalue weighted by Gasteiger charge is 2.12. The van der Waals surface area contributed by atoms with Gasteiger partial charge in [-0.2, -0.15) is 0 Å². The zero-order valence-corrected chi connectivity index (χ0v) is 9.21. The van der Waals surface area contributed by atoms with E-state index in [0.717, 1.165) is 11.6 Å². The number of hydrogen-bond donors (Lipinski definition) is 0. The molecule has 0 fully saturated rings. The fourth-order valence-corrected chi connectivity index (χ4v) is 1.74. The van der Waals surface area contributed by atoms with Crippen molar-refractivity contribution in [2.24, 2.45) is 0 Å². The summed E-state index contributed by atoms with van der Waals surface area (Å²) in [5.74, 6) is -1.85. The molecule has 0 aliphatic heterocycles. The summed E-state index contributed by atoms with van der Waals surface area (Å²) in [5, 5.41) is 0. The van der Waals surface area contributed by atoms with Crippen molar-refractivity contribution >= 4 is 6.29 Å². The van der Waals surface area contributed by atoms with E-state index in [-0.39, 0.29) is 5.56 Å². The topological polar surface area (TPSA) is 17.1 Å². The zero-order valence-electron chi connectivity index (χ0n) is 9.21. The second kappa shape index (κ2) is 4.45. The van der Waals surface area contributed by atoms with E-state index in [4.69, 9.17) is 0 Å². The third-order valence-electron chi connectivity index (χ3n) is 2.58. The minimum absolute atomic E-state index is 0.104. The van der Waals surface area contributed by atoms with Gasteiger partial charge in [-0.15, -0.1) is 0 Å². The van der Waals surface area contributed by atoms with Gasteiger partial charge in [-0.05, 0) is 24.6 Å². The average Bonchev–Trinajstić information content (AvgIpc) is 2.33. The third kappa shape index (κ3) is 2.09. The Kier molecular flexibility index (Phi) is 3.00. The van der Waals surface area contributed by atoms with Crippen LogP contribution < -0.4 is 0 Å². The first-order valence-corrected chi connectivity index (χ1v) is 5.13. The summed E-state index contributed by atoms with van der Waals surface area (Å²) in [5.41, 5.74) is 1.76. The molecule has 0 amide bonds. The van der Waals surface area contributed by atoms with Crippen molar-refractivity contribution in [3.8, 4) is 11.1 Å². The Hall–Kier alpha value is -2.03. The molecule has 3 heteroatoms. The van der Waals surface area contributed by atoms with Gasteiger partial charge in [-0.3, -0.25) is 4.79 Å². The Balaban J connectivity index is 2.68. The first-order valence-electron chi connectivity index (χ1n) is 5.13. The molecule has 0 saturated heterocycles. The summed E-state index contributed by atoms with van der Waals surface area (Å²) in [6.07, 6.45) is 0.646. The van der Waals surface area contributed by atoms with E-state index < -0.39 is 11.6 Å². The second-order valence-corrected chi connectivity index (χ2v) is 3.81. The number of halogens is 2. The molecule has 0 aromatic heterocycles. The molecular formula is C14H10F2O. The minimum atomic E-state index is -0.931. The standard InChI is InChI=1S/C14H10F2O/c1-9-5-6-11(10(7-9)8-17)12-3-2-4-13(15)14(12)16/h2-8H,1H3.